The molecule has 5 heteroatoms. The largest absolute Gasteiger partial charge is 0.480 e. The van der Waals surface area contributed by atoms with E-state index in [4.69, 9.17) is 5.11 Å². The van der Waals surface area contributed by atoms with Crippen molar-refractivity contribution in [2.24, 2.45) is 0 Å². The summed E-state index contributed by atoms with van der Waals surface area (Å²) in [5.74, 6) is -1.79. The average Bonchev–Trinajstić information content (AvgIpc) is 2.27. The van der Waals surface area contributed by atoms with Gasteiger partial charge in [0.25, 0.3) is 5.91 Å². The third kappa shape index (κ3) is 6.92. The van der Waals surface area contributed by atoms with Crippen molar-refractivity contribution in [3.8, 4) is 0 Å². The van der Waals surface area contributed by atoms with Gasteiger partial charge in [-0.3, -0.25) is 9.59 Å². The van der Waals surface area contributed by atoms with E-state index in [1.165, 1.54) is 0 Å². The van der Waals surface area contributed by atoms with Crippen molar-refractivity contribution in [1.29, 1.82) is 0 Å². The second-order valence-corrected chi connectivity index (χ2v) is 4.12. The van der Waals surface area contributed by atoms with E-state index in [9.17, 15) is 14.0 Å². The maximum atomic E-state index is 13.6. The molecule has 0 saturated carbocycles. The molecule has 0 saturated heterocycles. The van der Waals surface area contributed by atoms with Crippen LogP contribution < -0.4 is 0 Å². The fraction of sp³-hybridized carbons (Fsp3) is 0.833. The van der Waals surface area contributed by atoms with Gasteiger partial charge in [0.1, 0.15) is 6.54 Å². The number of halogens is 1. The standard InChI is InChI=1S/C12H22FNO3/c1-3-5-6-7-10(13)12(17)14(8-4-2)9-11(15)16/h10H,3-9H2,1-2H3,(H,15,16). The Morgan fingerprint density at radius 2 is 1.88 bits per heavy atom. The predicted molar refractivity (Wildman–Crippen MR) is 63.5 cm³/mol. The maximum Gasteiger partial charge on any atom is 0.323 e. The molecule has 0 aromatic heterocycles. The Hall–Kier alpha value is -1.13. The van der Waals surface area contributed by atoms with Crippen LogP contribution in [-0.4, -0.2) is 41.1 Å². The molecule has 1 atom stereocenters. The first-order chi connectivity index (χ1) is 8.02. The highest BCUT2D eigenvalue weighted by Crippen LogP contribution is 2.10. The third-order valence-corrected chi connectivity index (χ3v) is 2.46. The van der Waals surface area contributed by atoms with Crippen molar-refractivity contribution in [3.63, 3.8) is 0 Å². The number of aliphatic carboxylic acids is 1. The summed E-state index contributed by atoms with van der Waals surface area (Å²) < 4.78 is 13.6. The lowest BCUT2D eigenvalue weighted by Crippen LogP contribution is -2.41. The molecule has 100 valence electrons. The molecule has 0 bridgehead atoms. The van der Waals surface area contributed by atoms with Crippen molar-refractivity contribution in [2.75, 3.05) is 13.1 Å². The molecule has 0 aromatic carbocycles. The smallest absolute Gasteiger partial charge is 0.323 e. The normalized spacial score (nSPS) is 12.2. The van der Waals surface area contributed by atoms with Gasteiger partial charge >= 0.3 is 5.97 Å². The molecule has 1 amide bonds. The van der Waals surface area contributed by atoms with Crippen LogP contribution >= 0.6 is 0 Å². The van der Waals surface area contributed by atoms with E-state index in [0.717, 1.165) is 17.7 Å². The first-order valence-corrected chi connectivity index (χ1v) is 6.17. The lowest BCUT2D eigenvalue weighted by Gasteiger charge is -2.21. The number of hydrogen-bond donors (Lipinski definition) is 1. The zero-order valence-electron chi connectivity index (χ0n) is 10.6. The van der Waals surface area contributed by atoms with Crippen molar-refractivity contribution >= 4 is 11.9 Å². The van der Waals surface area contributed by atoms with Crippen LogP contribution in [0.1, 0.15) is 46.0 Å². The number of nitrogens with zero attached hydrogens (tertiary/aromatic N) is 1. The summed E-state index contributed by atoms with van der Waals surface area (Å²) in [6.07, 6.45) is 1.77. The van der Waals surface area contributed by atoms with Crippen LogP contribution in [0.3, 0.4) is 0 Å². The summed E-state index contributed by atoms with van der Waals surface area (Å²) in [6.45, 7) is 3.70. The lowest BCUT2D eigenvalue weighted by atomic mass is 10.1. The molecule has 0 rings (SSSR count). The number of alkyl halides is 1. The zero-order valence-corrected chi connectivity index (χ0v) is 10.6. The topological polar surface area (TPSA) is 57.6 Å². The number of carboxylic acids is 1. The van der Waals surface area contributed by atoms with Gasteiger partial charge in [-0.1, -0.05) is 33.1 Å². The minimum absolute atomic E-state index is 0.187. The molecule has 0 fully saturated rings. The maximum absolute atomic E-state index is 13.6. The molecule has 0 heterocycles. The van der Waals surface area contributed by atoms with Gasteiger partial charge in [-0.2, -0.15) is 0 Å². The van der Waals surface area contributed by atoms with E-state index in [0.29, 0.717) is 19.4 Å². The van der Waals surface area contributed by atoms with Crippen LogP contribution in [0.25, 0.3) is 0 Å². The van der Waals surface area contributed by atoms with E-state index in [-0.39, 0.29) is 6.42 Å². The Bertz CT molecular complexity index is 246. The van der Waals surface area contributed by atoms with Crippen LogP contribution in [0.2, 0.25) is 0 Å². The fourth-order valence-corrected chi connectivity index (χ4v) is 1.60. The quantitative estimate of drug-likeness (QED) is 0.636. The van der Waals surface area contributed by atoms with E-state index in [2.05, 4.69) is 0 Å². The summed E-state index contributed by atoms with van der Waals surface area (Å²) in [6, 6.07) is 0. The molecule has 4 nitrogen and oxygen atoms in total. The van der Waals surface area contributed by atoms with Gasteiger partial charge in [0, 0.05) is 6.54 Å². The number of carboxylic acid groups (broad SMARTS) is 1. The summed E-state index contributed by atoms with van der Waals surface area (Å²) in [5, 5.41) is 8.64. The van der Waals surface area contributed by atoms with Gasteiger partial charge in [-0.05, 0) is 12.8 Å². The highest BCUT2D eigenvalue weighted by atomic mass is 19.1. The van der Waals surface area contributed by atoms with E-state index >= 15 is 0 Å². The zero-order chi connectivity index (χ0) is 13.3. The molecule has 0 aromatic rings. The third-order valence-electron chi connectivity index (χ3n) is 2.46. The van der Waals surface area contributed by atoms with Crippen molar-refractivity contribution in [1.82, 2.24) is 4.90 Å². The molecule has 0 aliphatic carbocycles. The van der Waals surface area contributed by atoms with E-state index in [1.54, 1.807) is 0 Å². The van der Waals surface area contributed by atoms with Crippen LogP contribution in [0.5, 0.6) is 0 Å². The Kier molecular flexibility index (Phi) is 8.36. The first-order valence-electron chi connectivity index (χ1n) is 6.17. The van der Waals surface area contributed by atoms with Gasteiger partial charge in [-0.25, -0.2) is 4.39 Å². The van der Waals surface area contributed by atoms with Crippen LogP contribution in [0.4, 0.5) is 4.39 Å². The van der Waals surface area contributed by atoms with Crippen molar-refractivity contribution in [3.05, 3.63) is 0 Å². The molecule has 0 aliphatic rings. The summed E-state index contributed by atoms with van der Waals surface area (Å²) in [7, 11) is 0. The Labute approximate surface area is 102 Å². The van der Waals surface area contributed by atoms with Gasteiger partial charge < -0.3 is 10.0 Å². The predicted octanol–water partition coefficient (Wildman–Crippen LogP) is 2.23. The SMILES string of the molecule is CCCCCC(F)C(=O)N(CCC)CC(=O)O. The minimum Gasteiger partial charge on any atom is -0.480 e. The van der Waals surface area contributed by atoms with E-state index < -0.39 is 24.6 Å². The summed E-state index contributed by atoms with van der Waals surface area (Å²) in [5.41, 5.74) is 0. The monoisotopic (exact) mass is 247 g/mol. The molecule has 17 heavy (non-hydrogen) atoms. The van der Waals surface area contributed by atoms with Gasteiger partial charge in [0.05, 0.1) is 0 Å². The Morgan fingerprint density at radius 3 is 2.35 bits per heavy atom. The van der Waals surface area contributed by atoms with Crippen LogP contribution in [0, 0.1) is 0 Å². The number of rotatable bonds is 9. The summed E-state index contributed by atoms with van der Waals surface area (Å²) in [4.78, 5) is 23.3. The van der Waals surface area contributed by atoms with Crippen molar-refractivity contribution in [2.45, 2.75) is 52.1 Å². The molecular weight excluding hydrogens is 225 g/mol. The first kappa shape index (κ1) is 15.9. The highest BCUT2D eigenvalue weighted by Gasteiger charge is 2.24. The molecule has 0 radical (unpaired) electrons. The molecule has 1 unspecified atom stereocenters. The lowest BCUT2D eigenvalue weighted by molar-refractivity contribution is -0.146. The minimum atomic E-state index is -1.56. The average molecular weight is 247 g/mol. The fourth-order valence-electron chi connectivity index (χ4n) is 1.60. The Balaban J connectivity index is 4.22. The van der Waals surface area contributed by atoms with Crippen LogP contribution in [0.15, 0.2) is 0 Å². The summed E-state index contributed by atoms with van der Waals surface area (Å²) >= 11 is 0. The molecular formula is C12H22FNO3. The van der Waals surface area contributed by atoms with Crippen molar-refractivity contribution < 1.29 is 19.1 Å². The second kappa shape index (κ2) is 8.96. The molecule has 0 spiro atoms. The van der Waals surface area contributed by atoms with E-state index in [1.807, 2.05) is 13.8 Å². The second-order valence-electron chi connectivity index (χ2n) is 4.12. The molecule has 0 aliphatic heterocycles. The van der Waals surface area contributed by atoms with Gasteiger partial charge in [0.15, 0.2) is 6.17 Å². The number of carbonyl (C=O) groups excluding carboxylic acids is 1. The number of unbranched alkanes of at least 4 members (excludes halogenated alkanes) is 2. The number of hydrogen-bond acceptors (Lipinski definition) is 2. The number of amides is 1. The van der Waals surface area contributed by atoms with Gasteiger partial charge in [0.2, 0.25) is 0 Å². The van der Waals surface area contributed by atoms with Crippen LogP contribution in [-0.2, 0) is 9.59 Å². The molecule has 1 N–H and O–H groups in total. The highest BCUT2D eigenvalue weighted by molar-refractivity contribution is 5.84. The van der Waals surface area contributed by atoms with Gasteiger partial charge in [-0.15, -0.1) is 0 Å². The Morgan fingerprint density at radius 1 is 1.24 bits per heavy atom. The number of carbonyl (C=O) groups is 2.